The van der Waals surface area contributed by atoms with Crippen LogP contribution in [-0.2, 0) is 24.3 Å². The SMILES string of the molecule is COc1ccc(-c2noc(CCCC(=O)NCc3ccccc3CN3CCCC3)n2)cc1. The van der Waals surface area contributed by atoms with Gasteiger partial charge in [-0.3, -0.25) is 9.69 Å². The van der Waals surface area contributed by atoms with Gasteiger partial charge in [0.1, 0.15) is 5.75 Å². The van der Waals surface area contributed by atoms with Gasteiger partial charge in [-0.2, -0.15) is 4.98 Å². The second-order valence-electron chi connectivity index (χ2n) is 8.12. The van der Waals surface area contributed by atoms with E-state index in [9.17, 15) is 4.79 Å². The van der Waals surface area contributed by atoms with E-state index >= 15 is 0 Å². The number of likely N-dealkylation sites (tertiary alicyclic amines) is 1. The summed E-state index contributed by atoms with van der Waals surface area (Å²) in [6.45, 7) is 3.85. The number of hydrogen-bond acceptors (Lipinski definition) is 6. The molecular weight excluding hydrogens is 404 g/mol. The summed E-state index contributed by atoms with van der Waals surface area (Å²) in [5, 5.41) is 7.09. The van der Waals surface area contributed by atoms with Crippen molar-refractivity contribution in [3.8, 4) is 17.1 Å². The number of nitrogens with zero attached hydrogens (tertiary/aromatic N) is 3. The number of ether oxygens (including phenoxy) is 1. The lowest BCUT2D eigenvalue weighted by molar-refractivity contribution is -0.121. The van der Waals surface area contributed by atoms with Crippen molar-refractivity contribution in [2.75, 3.05) is 20.2 Å². The predicted molar refractivity (Wildman–Crippen MR) is 122 cm³/mol. The van der Waals surface area contributed by atoms with Crippen LogP contribution in [0.2, 0.25) is 0 Å². The lowest BCUT2D eigenvalue weighted by atomic mass is 10.1. The number of rotatable bonds is 10. The second kappa shape index (κ2) is 10.9. The number of benzene rings is 2. The smallest absolute Gasteiger partial charge is 0.226 e. The van der Waals surface area contributed by atoms with E-state index in [-0.39, 0.29) is 5.91 Å². The van der Waals surface area contributed by atoms with Crippen LogP contribution in [0.4, 0.5) is 0 Å². The zero-order valence-corrected chi connectivity index (χ0v) is 18.5. The number of carbonyl (C=O) groups is 1. The molecule has 2 aromatic carbocycles. The normalized spacial score (nSPS) is 13.9. The highest BCUT2D eigenvalue weighted by Crippen LogP contribution is 2.20. The highest BCUT2D eigenvalue weighted by atomic mass is 16.5. The zero-order chi connectivity index (χ0) is 22.2. The minimum atomic E-state index is 0.0378. The average Bonchev–Trinajstić information content (AvgIpc) is 3.51. The molecule has 1 fully saturated rings. The summed E-state index contributed by atoms with van der Waals surface area (Å²) in [5.41, 5.74) is 3.35. The van der Waals surface area contributed by atoms with Crippen molar-refractivity contribution in [2.24, 2.45) is 0 Å². The van der Waals surface area contributed by atoms with Crippen LogP contribution in [0.15, 0.2) is 53.1 Å². The van der Waals surface area contributed by atoms with Crippen LogP contribution in [0.3, 0.4) is 0 Å². The van der Waals surface area contributed by atoms with E-state index in [2.05, 4.69) is 38.6 Å². The first-order chi connectivity index (χ1) is 15.7. The standard InChI is InChI=1S/C25H30N4O3/c1-31-22-13-11-19(12-14-22)25-27-24(32-28-25)10-6-9-23(30)26-17-20-7-2-3-8-21(20)18-29-15-4-5-16-29/h2-3,7-8,11-14H,4-6,9-10,15-18H2,1H3,(H,26,30). The molecule has 2 heterocycles. The number of aromatic nitrogens is 2. The van der Waals surface area contributed by atoms with Crippen LogP contribution < -0.4 is 10.1 Å². The van der Waals surface area contributed by atoms with Crippen LogP contribution in [0, 0.1) is 0 Å². The first-order valence-corrected chi connectivity index (χ1v) is 11.2. The Bertz CT molecular complexity index is 1010. The van der Waals surface area contributed by atoms with Crippen molar-refractivity contribution >= 4 is 5.91 Å². The van der Waals surface area contributed by atoms with Gasteiger partial charge in [-0.25, -0.2) is 0 Å². The molecule has 1 aliphatic rings. The Balaban J connectivity index is 1.22. The Morgan fingerprint density at radius 1 is 1.09 bits per heavy atom. The van der Waals surface area contributed by atoms with Gasteiger partial charge in [-0.15, -0.1) is 0 Å². The van der Waals surface area contributed by atoms with E-state index in [0.29, 0.717) is 37.5 Å². The molecule has 1 aliphatic heterocycles. The fourth-order valence-corrected chi connectivity index (χ4v) is 3.96. The number of amides is 1. The van der Waals surface area contributed by atoms with Gasteiger partial charge in [-0.1, -0.05) is 29.4 Å². The van der Waals surface area contributed by atoms with Crippen LogP contribution in [0.5, 0.6) is 5.75 Å². The Hall–Kier alpha value is -3.19. The summed E-state index contributed by atoms with van der Waals surface area (Å²) in [4.78, 5) is 19.3. The van der Waals surface area contributed by atoms with Crippen molar-refractivity contribution < 1.29 is 14.1 Å². The van der Waals surface area contributed by atoms with Gasteiger partial charge in [0.05, 0.1) is 7.11 Å². The van der Waals surface area contributed by atoms with Crippen molar-refractivity contribution in [3.05, 3.63) is 65.5 Å². The van der Waals surface area contributed by atoms with E-state index in [1.807, 2.05) is 30.3 Å². The van der Waals surface area contributed by atoms with E-state index in [1.54, 1.807) is 7.11 Å². The minimum absolute atomic E-state index is 0.0378. The topological polar surface area (TPSA) is 80.5 Å². The van der Waals surface area contributed by atoms with E-state index in [1.165, 1.54) is 24.0 Å². The third kappa shape index (κ3) is 5.95. The fourth-order valence-electron chi connectivity index (χ4n) is 3.96. The maximum Gasteiger partial charge on any atom is 0.226 e. The van der Waals surface area contributed by atoms with Crippen molar-refractivity contribution in [1.29, 1.82) is 0 Å². The molecule has 168 valence electrons. The fraction of sp³-hybridized carbons (Fsp3) is 0.400. The Morgan fingerprint density at radius 2 is 1.84 bits per heavy atom. The molecule has 1 saturated heterocycles. The molecule has 0 unspecified atom stereocenters. The van der Waals surface area contributed by atoms with E-state index in [4.69, 9.17) is 9.26 Å². The molecule has 32 heavy (non-hydrogen) atoms. The number of aryl methyl sites for hydroxylation is 1. The van der Waals surface area contributed by atoms with E-state index < -0.39 is 0 Å². The largest absolute Gasteiger partial charge is 0.497 e. The molecule has 0 spiro atoms. The molecule has 3 aromatic rings. The molecule has 0 radical (unpaired) electrons. The van der Waals surface area contributed by atoms with Gasteiger partial charge < -0.3 is 14.6 Å². The molecular formula is C25H30N4O3. The first kappa shape index (κ1) is 22.0. The van der Waals surface area contributed by atoms with Crippen LogP contribution in [0.1, 0.15) is 42.7 Å². The van der Waals surface area contributed by atoms with Crippen molar-refractivity contribution in [3.63, 3.8) is 0 Å². The highest BCUT2D eigenvalue weighted by Gasteiger charge is 2.14. The first-order valence-electron chi connectivity index (χ1n) is 11.2. The van der Waals surface area contributed by atoms with Crippen molar-refractivity contribution in [2.45, 2.75) is 45.2 Å². The van der Waals surface area contributed by atoms with Gasteiger partial charge in [-0.05, 0) is 67.7 Å². The lowest BCUT2D eigenvalue weighted by Gasteiger charge is -2.17. The molecule has 0 atom stereocenters. The molecule has 0 aliphatic carbocycles. The van der Waals surface area contributed by atoms with Gasteiger partial charge in [0.2, 0.25) is 17.6 Å². The Labute approximate surface area is 188 Å². The Kier molecular flexibility index (Phi) is 7.51. The lowest BCUT2D eigenvalue weighted by Crippen LogP contribution is -2.24. The Morgan fingerprint density at radius 3 is 2.59 bits per heavy atom. The molecule has 0 saturated carbocycles. The summed E-state index contributed by atoms with van der Waals surface area (Å²) in [6.07, 6.45) is 4.21. The number of hydrogen-bond donors (Lipinski definition) is 1. The summed E-state index contributed by atoms with van der Waals surface area (Å²) in [7, 11) is 1.63. The van der Waals surface area contributed by atoms with Gasteiger partial charge in [0.15, 0.2) is 0 Å². The van der Waals surface area contributed by atoms with Crippen molar-refractivity contribution in [1.82, 2.24) is 20.4 Å². The molecule has 7 heteroatoms. The van der Waals surface area contributed by atoms with Crippen LogP contribution >= 0.6 is 0 Å². The van der Waals surface area contributed by atoms with Gasteiger partial charge in [0.25, 0.3) is 0 Å². The maximum atomic E-state index is 12.3. The molecule has 1 aromatic heterocycles. The highest BCUT2D eigenvalue weighted by molar-refractivity contribution is 5.75. The number of methoxy groups -OCH3 is 1. The second-order valence-corrected chi connectivity index (χ2v) is 8.12. The van der Waals surface area contributed by atoms with Gasteiger partial charge in [0, 0.05) is 31.5 Å². The molecule has 1 amide bonds. The summed E-state index contributed by atoms with van der Waals surface area (Å²) in [6, 6.07) is 15.9. The predicted octanol–water partition coefficient (Wildman–Crippen LogP) is 3.98. The maximum absolute atomic E-state index is 12.3. The van der Waals surface area contributed by atoms with E-state index in [0.717, 1.165) is 30.9 Å². The van der Waals surface area contributed by atoms with Crippen LogP contribution in [0.25, 0.3) is 11.4 Å². The summed E-state index contributed by atoms with van der Waals surface area (Å²) < 4.78 is 10.5. The molecule has 7 nitrogen and oxygen atoms in total. The number of carbonyl (C=O) groups excluding carboxylic acids is 1. The van der Waals surface area contributed by atoms with Crippen LogP contribution in [-0.4, -0.2) is 41.1 Å². The monoisotopic (exact) mass is 434 g/mol. The summed E-state index contributed by atoms with van der Waals surface area (Å²) >= 11 is 0. The molecule has 0 bridgehead atoms. The summed E-state index contributed by atoms with van der Waals surface area (Å²) in [5.74, 6) is 1.90. The minimum Gasteiger partial charge on any atom is -0.497 e. The molecule has 4 rings (SSSR count). The zero-order valence-electron chi connectivity index (χ0n) is 18.5. The quantitative estimate of drug-likeness (QED) is 0.520. The third-order valence-corrected chi connectivity index (χ3v) is 5.80. The molecule has 1 N–H and O–H groups in total. The van der Waals surface area contributed by atoms with Gasteiger partial charge >= 0.3 is 0 Å². The average molecular weight is 435 g/mol. The number of nitrogens with one attached hydrogen (secondary N) is 1. The third-order valence-electron chi connectivity index (χ3n) is 5.80.